The average molecular weight is 526 g/mol. The molecule has 1 aromatic carbocycles. The Bertz CT molecular complexity index is 1500. The van der Waals surface area contributed by atoms with Crippen molar-refractivity contribution >= 4 is 27.5 Å². The molecule has 0 unspecified atom stereocenters. The quantitative estimate of drug-likeness (QED) is 0.302. The highest BCUT2D eigenvalue weighted by atomic mass is 32.2. The highest BCUT2D eigenvalue weighted by molar-refractivity contribution is 7.89. The van der Waals surface area contributed by atoms with E-state index in [-0.39, 0.29) is 10.3 Å². The summed E-state index contributed by atoms with van der Waals surface area (Å²) in [4.78, 5) is 21.3. The molecule has 37 heavy (non-hydrogen) atoms. The van der Waals surface area contributed by atoms with Gasteiger partial charge in [0, 0.05) is 31.1 Å². The molecule has 0 atom stereocenters. The van der Waals surface area contributed by atoms with Gasteiger partial charge in [-0.3, -0.25) is 5.32 Å². The van der Waals surface area contributed by atoms with Gasteiger partial charge in [0.25, 0.3) is 0 Å². The van der Waals surface area contributed by atoms with Crippen molar-refractivity contribution in [3.05, 3.63) is 60.5 Å². The van der Waals surface area contributed by atoms with E-state index in [1.807, 2.05) is 46.0 Å². The Labute approximate surface area is 215 Å². The van der Waals surface area contributed by atoms with Crippen LogP contribution in [0.1, 0.15) is 45.8 Å². The maximum Gasteiger partial charge on any atom is 0.320 e. The summed E-state index contributed by atoms with van der Waals surface area (Å²) in [5, 5.41) is 9.43. The number of anilines is 1. The first-order valence-electron chi connectivity index (χ1n) is 12.0. The van der Waals surface area contributed by atoms with E-state index in [2.05, 4.69) is 30.5 Å². The van der Waals surface area contributed by atoms with Gasteiger partial charge in [0.2, 0.25) is 15.9 Å². The second kappa shape index (κ2) is 10.7. The molecule has 0 aliphatic rings. The number of fused-ring (bicyclic) bond motifs is 1. The molecule has 2 amide bonds. The van der Waals surface area contributed by atoms with Crippen molar-refractivity contribution in [2.75, 3.05) is 18.4 Å². The number of sulfonamides is 1. The summed E-state index contributed by atoms with van der Waals surface area (Å²) in [7, 11) is -3.57. The zero-order valence-electron chi connectivity index (χ0n) is 21.3. The van der Waals surface area contributed by atoms with Crippen LogP contribution in [0.3, 0.4) is 0 Å². The maximum atomic E-state index is 12.5. The van der Waals surface area contributed by atoms with Crippen molar-refractivity contribution in [3.63, 3.8) is 0 Å². The van der Waals surface area contributed by atoms with Crippen molar-refractivity contribution < 1.29 is 17.7 Å². The number of rotatable bonds is 9. The monoisotopic (exact) mass is 525 g/mol. The minimum Gasteiger partial charge on any atom is -0.339 e. The molecule has 0 saturated carbocycles. The molecule has 4 rings (SSSR count). The summed E-state index contributed by atoms with van der Waals surface area (Å²) in [5.41, 5.74) is 1.96. The van der Waals surface area contributed by atoms with Crippen LogP contribution in [0.2, 0.25) is 0 Å². The number of hydrogen-bond acceptors (Lipinski definition) is 7. The summed E-state index contributed by atoms with van der Waals surface area (Å²) in [6, 6.07) is 10.0. The van der Waals surface area contributed by atoms with E-state index in [0.29, 0.717) is 49.1 Å². The molecule has 196 valence electrons. The number of hydrogen-bond donors (Lipinski definition) is 3. The number of imidazole rings is 1. The lowest BCUT2D eigenvalue weighted by Gasteiger charge is -2.10. The SMILES string of the molecule is CCCNS(=O)(=O)c1cccc(-c2ccc3nc(NC(=O)NCCc4noc(C(C)(C)C)n4)cn3c2)c1. The van der Waals surface area contributed by atoms with Gasteiger partial charge in [0.1, 0.15) is 5.65 Å². The lowest BCUT2D eigenvalue weighted by Crippen LogP contribution is -2.30. The first-order valence-corrected chi connectivity index (χ1v) is 13.5. The molecule has 3 N–H and O–H groups in total. The molecular weight excluding hydrogens is 494 g/mol. The van der Waals surface area contributed by atoms with Gasteiger partial charge < -0.3 is 14.2 Å². The molecule has 0 bridgehead atoms. The Morgan fingerprint density at radius 1 is 1.05 bits per heavy atom. The smallest absolute Gasteiger partial charge is 0.320 e. The Morgan fingerprint density at radius 3 is 2.59 bits per heavy atom. The van der Waals surface area contributed by atoms with E-state index in [1.165, 1.54) is 0 Å². The van der Waals surface area contributed by atoms with Crippen LogP contribution in [-0.2, 0) is 21.9 Å². The van der Waals surface area contributed by atoms with Gasteiger partial charge in [-0.2, -0.15) is 4.98 Å². The Hall–Kier alpha value is -3.77. The zero-order chi connectivity index (χ0) is 26.6. The normalized spacial score (nSPS) is 12.1. The van der Waals surface area contributed by atoms with Crippen LogP contribution in [-0.4, -0.2) is 47.1 Å². The van der Waals surface area contributed by atoms with Crippen LogP contribution >= 0.6 is 0 Å². The minimum absolute atomic E-state index is 0.207. The largest absolute Gasteiger partial charge is 0.339 e. The van der Waals surface area contributed by atoms with E-state index in [1.54, 1.807) is 34.9 Å². The van der Waals surface area contributed by atoms with Crippen molar-refractivity contribution in [2.24, 2.45) is 0 Å². The number of amides is 2. The third kappa shape index (κ3) is 6.52. The van der Waals surface area contributed by atoms with Crippen LogP contribution in [0.15, 0.2) is 58.2 Å². The summed E-state index contributed by atoms with van der Waals surface area (Å²) in [6.45, 7) is 8.58. The van der Waals surface area contributed by atoms with E-state index in [0.717, 1.165) is 11.1 Å². The molecule has 11 nitrogen and oxygen atoms in total. The fraction of sp³-hybridized carbons (Fsp3) is 0.360. The fourth-order valence-electron chi connectivity index (χ4n) is 3.49. The lowest BCUT2D eigenvalue weighted by atomic mass is 9.97. The van der Waals surface area contributed by atoms with Crippen LogP contribution in [0.4, 0.5) is 10.6 Å². The molecule has 4 aromatic rings. The molecule has 0 radical (unpaired) electrons. The van der Waals surface area contributed by atoms with Crippen molar-refractivity contribution in [1.29, 1.82) is 0 Å². The summed E-state index contributed by atoms with van der Waals surface area (Å²) < 4.78 is 34.6. The number of aromatic nitrogens is 4. The predicted octanol–water partition coefficient (Wildman–Crippen LogP) is 3.73. The van der Waals surface area contributed by atoms with Gasteiger partial charge in [-0.15, -0.1) is 0 Å². The van der Waals surface area contributed by atoms with E-state index >= 15 is 0 Å². The van der Waals surface area contributed by atoms with Crippen molar-refractivity contribution in [3.8, 4) is 11.1 Å². The van der Waals surface area contributed by atoms with Crippen LogP contribution in [0, 0.1) is 0 Å². The summed E-state index contributed by atoms with van der Waals surface area (Å²) >= 11 is 0. The predicted molar refractivity (Wildman–Crippen MR) is 140 cm³/mol. The van der Waals surface area contributed by atoms with Crippen molar-refractivity contribution in [2.45, 2.75) is 50.8 Å². The Kier molecular flexibility index (Phi) is 7.60. The van der Waals surface area contributed by atoms with E-state index in [4.69, 9.17) is 4.52 Å². The van der Waals surface area contributed by atoms with Crippen LogP contribution in [0.25, 0.3) is 16.8 Å². The molecule has 0 saturated heterocycles. The molecular formula is C25H31N7O4S. The third-order valence-electron chi connectivity index (χ3n) is 5.46. The third-order valence-corrected chi connectivity index (χ3v) is 6.91. The number of nitrogens with one attached hydrogen (secondary N) is 3. The molecule has 12 heteroatoms. The van der Waals surface area contributed by atoms with E-state index in [9.17, 15) is 13.2 Å². The van der Waals surface area contributed by atoms with Gasteiger partial charge >= 0.3 is 6.03 Å². The number of carbonyl (C=O) groups is 1. The molecule has 3 heterocycles. The molecule has 0 aliphatic carbocycles. The van der Waals surface area contributed by atoms with Gasteiger partial charge in [0.05, 0.1) is 11.1 Å². The molecule has 0 aliphatic heterocycles. The van der Waals surface area contributed by atoms with Crippen LogP contribution < -0.4 is 15.4 Å². The number of nitrogens with zero attached hydrogens (tertiary/aromatic N) is 4. The van der Waals surface area contributed by atoms with Crippen molar-refractivity contribution in [1.82, 2.24) is 29.6 Å². The minimum atomic E-state index is -3.57. The number of pyridine rings is 1. The Morgan fingerprint density at radius 2 is 1.86 bits per heavy atom. The molecule has 0 spiro atoms. The molecule has 3 aromatic heterocycles. The fourth-order valence-corrected chi connectivity index (χ4v) is 4.67. The topological polar surface area (TPSA) is 144 Å². The van der Waals surface area contributed by atoms with Crippen LogP contribution in [0.5, 0.6) is 0 Å². The first-order chi connectivity index (χ1) is 17.5. The van der Waals surface area contributed by atoms with Gasteiger partial charge in [-0.05, 0) is 41.8 Å². The lowest BCUT2D eigenvalue weighted by molar-refractivity contribution is 0.252. The second-order valence-electron chi connectivity index (χ2n) is 9.63. The number of carbonyl (C=O) groups excluding carboxylic acids is 1. The maximum absolute atomic E-state index is 12.5. The average Bonchev–Trinajstić information content (AvgIpc) is 3.49. The number of urea groups is 1. The van der Waals surface area contributed by atoms with Gasteiger partial charge in [-0.1, -0.05) is 45.0 Å². The van der Waals surface area contributed by atoms with Gasteiger partial charge in [0.15, 0.2) is 11.6 Å². The summed E-state index contributed by atoms with van der Waals surface area (Å²) in [6.07, 6.45) is 4.67. The second-order valence-corrected chi connectivity index (χ2v) is 11.4. The highest BCUT2D eigenvalue weighted by Gasteiger charge is 2.21. The van der Waals surface area contributed by atoms with Gasteiger partial charge in [-0.25, -0.2) is 22.9 Å². The Balaban J connectivity index is 1.39. The first kappa shape index (κ1) is 26.3. The number of benzene rings is 1. The zero-order valence-corrected chi connectivity index (χ0v) is 22.1. The molecule has 0 fully saturated rings. The van der Waals surface area contributed by atoms with E-state index < -0.39 is 16.1 Å². The summed E-state index contributed by atoms with van der Waals surface area (Å²) in [5.74, 6) is 1.46. The standard InChI is InChI=1S/C25H31N7O4S/c1-5-12-27-37(34,35)19-8-6-7-17(14-19)18-9-10-22-28-21(16-32(22)15-18)30-24(33)26-13-11-20-29-23(36-31-20)25(2,3)4/h6-10,14-16,27H,5,11-13H2,1-4H3,(H2,26,30,33). The highest BCUT2D eigenvalue weighted by Crippen LogP contribution is 2.24.